The van der Waals surface area contributed by atoms with Crippen molar-refractivity contribution in [3.05, 3.63) is 22.7 Å². The van der Waals surface area contributed by atoms with E-state index >= 15 is 0 Å². The maximum Gasteiger partial charge on any atom is 0.303 e. The third-order valence-corrected chi connectivity index (χ3v) is 1.83. The van der Waals surface area contributed by atoms with Gasteiger partial charge in [-0.25, -0.2) is 4.98 Å². The van der Waals surface area contributed by atoms with Crippen molar-refractivity contribution in [2.75, 3.05) is 11.9 Å². The van der Waals surface area contributed by atoms with Gasteiger partial charge in [0.05, 0.1) is 6.33 Å². The molecular weight excluding hydrogens is 198 g/mol. The lowest BCUT2D eigenvalue weighted by molar-refractivity contribution is -0.137. The van der Waals surface area contributed by atoms with Crippen LogP contribution in [0, 0.1) is 5.92 Å². The highest BCUT2D eigenvalue weighted by Gasteiger charge is 2.07. The van der Waals surface area contributed by atoms with E-state index < -0.39 is 5.97 Å². The Morgan fingerprint density at radius 3 is 3.07 bits per heavy atom. The van der Waals surface area contributed by atoms with Crippen LogP contribution in [0.1, 0.15) is 13.3 Å². The van der Waals surface area contributed by atoms with E-state index in [0.717, 1.165) is 0 Å². The zero-order chi connectivity index (χ0) is 11.3. The van der Waals surface area contributed by atoms with E-state index in [1.54, 1.807) is 0 Å². The van der Waals surface area contributed by atoms with Crippen LogP contribution in [0.3, 0.4) is 0 Å². The second-order valence-electron chi connectivity index (χ2n) is 3.38. The van der Waals surface area contributed by atoms with Crippen LogP contribution in [0.5, 0.6) is 0 Å². The fourth-order valence-electron chi connectivity index (χ4n) is 1.11. The summed E-state index contributed by atoms with van der Waals surface area (Å²) in [6.07, 6.45) is 1.39. The molecule has 82 valence electrons. The molecule has 0 aliphatic heterocycles. The molecule has 0 fully saturated rings. The van der Waals surface area contributed by atoms with Gasteiger partial charge < -0.3 is 15.4 Å². The molecule has 1 rings (SSSR count). The van der Waals surface area contributed by atoms with Crippen molar-refractivity contribution in [1.29, 1.82) is 0 Å². The Morgan fingerprint density at radius 2 is 2.47 bits per heavy atom. The minimum Gasteiger partial charge on any atom is -0.481 e. The van der Waals surface area contributed by atoms with Crippen molar-refractivity contribution in [3.63, 3.8) is 0 Å². The number of anilines is 1. The minimum absolute atomic E-state index is 0.0106. The number of carboxylic acids is 1. The first-order valence-electron chi connectivity index (χ1n) is 4.58. The topological polar surface area (TPSA) is 95.1 Å². The van der Waals surface area contributed by atoms with Crippen LogP contribution in [-0.2, 0) is 4.79 Å². The van der Waals surface area contributed by atoms with Gasteiger partial charge in [0.25, 0.3) is 5.56 Å². The third kappa shape index (κ3) is 4.26. The Labute approximate surface area is 86.4 Å². The molecule has 1 aromatic rings. The number of aliphatic carboxylic acids is 1. The van der Waals surface area contributed by atoms with E-state index in [1.165, 1.54) is 12.4 Å². The van der Waals surface area contributed by atoms with Crippen LogP contribution >= 0.6 is 0 Å². The fraction of sp³-hybridized carbons (Fsp3) is 0.444. The Balaban J connectivity index is 2.43. The van der Waals surface area contributed by atoms with Gasteiger partial charge in [0, 0.05) is 19.0 Å². The van der Waals surface area contributed by atoms with Gasteiger partial charge in [0.1, 0.15) is 5.82 Å². The fourth-order valence-corrected chi connectivity index (χ4v) is 1.11. The lowest BCUT2D eigenvalue weighted by atomic mass is 10.1. The average molecular weight is 211 g/mol. The van der Waals surface area contributed by atoms with E-state index in [9.17, 15) is 9.59 Å². The van der Waals surface area contributed by atoms with E-state index in [-0.39, 0.29) is 17.9 Å². The van der Waals surface area contributed by atoms with E-state index in [0.29, 0.717) is 12.4 Å². The van der Waals surface area contributed by atoms with Gasteiger partial charge in [0.15, 0.2) is 0 Å². The molecule has 0 aromatic carbocycles. The summed E-state index contributed by atoms with van der Waals surface area (Å²) in [6, 6.07) is 1.33. The minimum atomic E-state index is -0.830. The normalized spacial score (nSPS) is 12.1. The standard InChI is InChI=1S/C9H13N3O3/c1-6(2-9(14)15)4-10-7-3-8(13)12-5-11-7/h3,5-6H,2,4H2,1H3,(H,14,15)(H2,10,11,12,13). The molecule has 1 unspecified atom stereocenters. The number of rotatable bonds is 5. The van der Waals surface area contributed by atoms with Crippen molar-refractivity contribution >= 4 is 11.8 Å². The van der Waals surface area contributed by atoms with Gasteiger partial charge in [-0.1, -0.05) is 6.92 Å². The molecule has 0 amide bonds. The summed E-state index contributed by atoms with van der Waals surface area (Å²) in [6.45, 7) is 2.29. The number of carbonyl (C=O) groups is 1. The van der Waals surface area contributed by atoms with Crippen molar-refractivity contribution in [2.45, 2.75) is 13.3 Å². The Bertz CT molecular complexity index is 388. The van der Waals surface area contributed by atoms with Gasteiger partial charge in [-0.15, -0.1) is 0 Å². The van der Waals surface area contributed by atoms with E-state index in [2.05, 4.69) is 15.3 Å². The van der Waals surface area contributed by atoms with E-state index in [1.807, 2.05) is 6.92 Å². The summed E-state index contributed by atoms with van der Waals surface area (Å²) in [5.74, 6) is -0.386. The highest BCUT2D eigenvalue weighted by Crippen LogP contribution is 2.03. The van der Waals surface area contributed by atoms with Crippen molar-refractivity contribution < 1.29 is 9.90 Å². The lowest BCUT2D eigenvalue weighted by Crippen LogP contribution is -2.17. The summed E-state index contributed by atoms with van der Waals surface area (Å²) in [4.78, 5) is 27.5. The Hall–Kier alpha value is -1.85. The maximum atomic E-state index is 10.9. The predicted molar refractivity (Wildman–Crippen MR) is 54.8 cm³/mol. The summed E-state index contributed by atoms with van der Waals surface area (Å²) in [5, 5.41) is 11.4. The second-order valence-corrected chi connectivity index (χ2v) is 3.38. The number of nitrogens with zero attached hydrogens (tertiary/aromatic N) is 1. The monoisotopic (exact) mass is 211 g/mol. The quantitative estimate of drug-likeness (QED) is 0.650. The first-order valence-corrected chi connectivity index (χ1v) is 4.58. The van der Waals surface area contributed by atoms with Crippen molar-refractivity contribution in [2.24, 2.45) is 5.92 Å². The molecule has 0 aliphatic rings. The van der Waals surface area contributed by atoms with Crippen LogP contribution in [0.25, 0.3) is 0 Å². The number of H-pyrrole nitrogens is 1. The van der Waals surface area contributed by atoms with Gasteiger partial charge in [-0.05, 0) is 5.92 Å². The SMILES string of the molecule is CC(CNc1cc(=O)[nH]cn1)CC(=O)O. The summed E-state index contributed by atoms with van der Waals surface area (Å²) in [7, 11) is 0. The summed E-state index contributed by atoms with van der Waals surface area (Å²) < 4.78 is 0. The molecule has 0 aliphatic carbocycles. The molecule has 6 heteroatoms. The zero-order valence-corrected chi connectivity index (χ0v) is 8.36. The number of carboxylic acid groups (broad SMARTS) is 1. The predicted octanol–water partition coefficient (Wildman–Crippen LogP) is 0.293. The van der Waals surface area contributed by atoms with Gasteiger partial charge >= 0.3 is 5.97 Å². The molecule has 1 heterocycles. The highest BCUT2D eigenvalue weighted by atomic mass is 16.4. The molecule has 1 atom stereocenters. The molecule has 0 saturated heterocycles. The van der Waals surface area contributed by atoms with Gasteiger partial charge in [-0.3, -0.25) is 9.59 Å². The number of hydrogen-bond acceptors (Lipinski definition) is 4. The summed E-state index contributed by atoms with van der Waals surface area (Å²) in [5.41, 5.74) is -0.238. The van der Waals surface area contributed by atoms with Crippen LogP contribution in [0.15, 0.2) is 17.2 Å². The van der Waals surface area contributed by atoms with Crippen molar-refractivity contribution in [3.8, 4) is 0 Å². The maximum absolute atomic E-state index is 10.9. The number of hydrogen-bond donors (Lipinski definition) is 3. The molecule has 3 N–H and O–H groups in total. The largest absolute Gasteiger partial charge is 0.481 e. The number of aromatic nitrogens is 2. The zero-order valence-electron chi connectivity index (χ0n) is 8.36. The van der Waals surface area contributed by atoms with Crippen LogP contribution in [-0.4, -0.2) is 27.6 Å². The summed E-state index contributed by atoms with van der Waals surface area (Å²) >= 11 is 0. The molecule has 0 spiro atoms. The first kappa shape index (κ1) is 11.2. The molecule has 1 aromatic heterocycles. The molecule has 0 radical (unpaired) electrons. The average Bonchev–Trinajstić information content (AvgIpc) is 2.14. The van der Waals surface area contributed by atoms with Gasteiger partial charge in [0.2, 0.25) is 0 Å². The van der Waals surface area contributed by atoms with Gasteiger partial charge in [-0.2, -0.15) is 0 Å². The molecule has 15 heavy (non-hydrogen) atoms. The smallest absolute Gasteiger partial charge is 0.303 e. The first-order chi connectivity index (χ1) is 7.08. The number of aromatic amines is 1. The van der Waals surface area contributed by atoms with E-state index in [4.69, 9.17) is 5.11 Å². The number of nitrogens with one attached hydrogen (secondary N) is 2. The molecule has 6 nitrogen and oxygen atoms in total. The Kier molecular flexibility index (Phi) is 3.84. The Morgan fingerprint density at radius 1 is 1.73 bits per heavy atom. The van der Waals surface area contributed by atoms with Crippen LogP contribution in [0.4, 0.5) is 5.82 Å². The third-order valence-electron chi connectivity index (χ3n) is 1.83. The molecule has 0 bridgehead atoms. The highest BCUT2D eigenvalue weighted by molar-refractivity contribution is 5.67. The van der Waals surface area contributed by atoms with Crippen LogP contribution in [0.2, 0.25) is 0 Å². The second kappa shape index (κ2) is 5.14. The molecular formula is C9H13N3O3. The van der Waals surface area contributed by atoms with Crippen molar-refractivity contribution in [1.82, 2.24) is 9.97 Å². The lowest BCUT2D eigenvalue weighted by Gasteiger charge is -2.09. The molecule has 0 saturated carbocycles. The van der Waals surface area contributed by atoms with Crippen LogP contribution < -0.4 is 10.9 Å².